The second-order valence-corrected chi connectivity index (χ2v) is 5.52. The van der Waals surface area contributed by atoms with E-state index in [1.165, 1.54) is 0 Å². The first kappa shape index (κ1) is 14.4. The maximum Gasteiger partial charge on any atom is 0.307 e. The zero-order chi connectivity index (χ0) is 15.7. The van der Waals surface area contributed by atoms with Crippen LogP contribution in [0.1, 0.15) is 5.56 Å². The molecule has 3 aromatic rings. The summed E-state index contributed by atoms with van der Waals surface area (Å²) in [5.74, 6) is -2.33. The highest BCUT2D eigenvalue weighted by molar-refractivity contribution is 7.20. The molecule has 0 aliphatic carbocycles. The molecule has 0 radical (unpaired) electrons. The number of carbonyl (C=O) groups is 1. The summed E-state index contributed by atoms with van der Waals surface area (Å²) in [4.78, 5) is 14.7. The molecule has 0 spiro atoms. The van der Waals surface area contributed by atoms with Crippen LogP contribution in [0.25, 0.3) is 10.2 Å². The highest BCUT2D eigenvalue weighted by Crippen LogP contribution is 2.32. The number of halogens is 2. The molecular formula is C15H9F2NO3S. The number of nitrogens with zero attached hydrogens (tertiary/aromatic N) is 1. The van der Waals surface area contributed by atoms with Gasteiger partial charge in [-0.25, -0.2) is 13.8 Å². The van der Waals surface area contributed by atoms with Crippen LogP contribution in [0.3, 0.4) is 0 Å². The van der Waals surface area contributed by atoms with Gasteiger partial charge in [0.15, 0.2) is 11.6 Å². The maximum atomic E-state index is 13.1. The molecule has 0 bridgehead atoms. The third-order valence-electron chi connectivity index (χ3n) is 2.89. The van der Waals surface area contributed by atoms with E-state index in [2.05, 4.69) is 4.98 Å². The van der Waals surface area contributed by atoms with Gasteiger partial charge in [-0.3, -0.25) is 4.79 Å². The van der Waals surface area contributed by atoms with Crippen LogP contribution in [-0.2, 0) is 11.2 Å². The Balaban J connectivity index is 1.82. The van der Waals surface area contributed by atoms with Crippen LogP contribution in [0, 0.1) is 11.6 Å². The number of thiazole rings is 1. The first-order valence-electron chi connectivity index (χ1n) is 6.25. The summed E-state index contributed by atoms with van der Waals surface area (Å²) in [6.45, 7) is 0. The Morgan fingerprint density at radius 3 is 2.55 bits per heavy atom. The lowest BCUT2D eigenvalue weighted by Crippen LogP contribution is -1.99. The van der Waals surface area contributed by atoms with Crippen molar-refractivity contribution < 1.29 is 23.4 Å². The lowest BCUT2D eigenvalue weighted by Gasteiger charge is -2.02. The van der Waals surface area contributed by atoms with E-state index in [4.69, 9.17) is 9.84 Å². The molecule has 0 amide bonds. The minimum Gasteiger partial charge on any atom is -0.481 e. The van der Waals surface area contributed by atoms with Crippen LogP contribution in [-0.4, -0.2) is 16.1 Å². The van der Waals surface area contributed by atoms with Gasteiger partial charge in [0.1, 0.15) is 5.75 Å². The van der Waals surface area contributed by atoms with Gasteiger partial charge in [-0.2, -0.15) is 0 Å². The molecule has 0 fully saturated rings. The summed E-state index contributed by atoms with van der Waals surface area (Å²) < 4.78 is 32.3. The van der Waals surface area contributed by atoms with E-state index in [-0.39, 0.29) is 11.6 Å². The van der Waals surface area contributed by atoms with E-state index in [0.29, 0.717) is 21.5 Å². The normalized spacial score (nSPS) is 10.8. The molecule has 7 heteroatoms. The number of rotatable bonds is 4. The van der Waals surface area contributed by atoms with Gasteiger partial charge in [0.05, 0.1) is 16.6 Å². The van der Waals surface area contributed by atoms with Crippen LogP contribution in [0.2, 0.25) is 0 Å². The molecule has 2 aromatic carbocycles. The quantitative estimate of drug-likeness (QED) is 0.789. The van der Waals surface area contributed by atoms with Crippen molar-refractivity contribution in [3.63, 3.8) is 0 Å². The fourth-order valence-corrected chi connectivity index (χ4v) is 2.74. The van der Waals surface area contributed by atoms with Crippen molar-refractivity contribution >= 4 is 27.5 Å². The summed E-state index contributed by atoms with van der Waals surface area (Å²) in [5.41, 5.74) is 0.967. The number of carboxylic acid groups (broad SMARTS) is 1. The third-order valence-corrected chi connectivity index (χ3v) is 3.79. The maximum absolute atomic E-state index is 13.1. The lowest BCUT2D eigenvalue weighted by atomic mass is 10.1. The number of hydrogen-bond acceptors (Lipinski definition) is 4. The van der Waals surface area contributed by atoms with E-state index in [1.807, 2.05) is 0 Å². The molecule has 4 nitrogen and oxygen atoms in total. The van der Waals surface area contributed by atoms with Gasteiger partial charge in [-0.1, -0.05) is 23.5 Å². The first-order valence-corrected chi connectivity index (χ1v) is 7.07. The summed E-state index contributed by atoms with van der Waals surface area (Å²) in [6.07, 6.45) is -0.0695. The highest BCUT2D eigenvalue weighted by Gasteiger charge is 2.11. The van der Waals surface area contributed by atoms with Crippen LogP contribution in [0.5, 0.6) is 10.9 Å². The number of aromatic nitrogens is 1. The standard InChI is InChI=1S/C15H9F2NO3S/c16-10-6-12-13(7-11(10)17)22-15(18-12)21-9-3-1-8(2-4-9)5-14(19)20/h1-4,6-7H,5H2,(H,19,20). The van der Waals surface area contributed by atoms with E-state index < -0.39 is 17.6 Å². The Morgan fingerprint density at radius 1 is 1.18 bits per heavy atom. The molecule has 3 rings (SSSR count). The van der Waals surface area contributed by atoms with Crippen molar-refractivity contribution in [2.75, 3.05) is 0 Å². The number of benzene rings is 2. The molecule has 0 aliphatic rings. The summed E-state index contributed by atoms with van der Waals surface area (Å²) >= 11 is 1.10. The average Bonchev–Trinajstić information content (AvgIpc) is 2.82. The van der Waals surface area contributed by atoms with Gasteiger partial charge >= 0.3 is 5.97 Å². The van der Waals surface area contributed by atoms with Crippen molar-refractivity contribution in [2.45, 2.75) is 6.42 Å². The van der Waals surface area contributed by atoms with Crippen molar-refractivity contribution in [1.29, 1.82) is 0 Å². The van der Waals surface area contributed by atoms with Gasteiger partial charge in [-0.15, -0.1) is 0 Å². The van der Waals surface area contributed by atoms with Gasteiger partial charge < -0.3 is 9.84 Å². The SMILES string of the molecule is O=C(O)Cc1ccc(Oc2nc3cc(F)c(F)cc3s2)cc1. The highest BCUT2D eigenvalue weighted by atomic mass is 32.1. The van der Waals surface area contributed by atoms with Crippen molar-refractivity contribution in [3.05, 3.63) is 53.6 Å². The monoisotopic (exact) mass is 321 g/mol. The predicted octanol–water partition coefficient (Wildman–Crippen LogP) is 3.99. The van der Waals surface area contributed by atoms with Crippen LogP contribution < -0.4 is 4.74 Å². The van der Waals surface area contributed by atoms with Gasteiger partial charge in [-0.05, 0) is 23.8 Å². The first-order chi connectivity index (χ1) is 10.5. The van der Waals surface area contributed by atoms with E-state index in [0.717, 1.165) is 23.5 Å². The van der Waals surface area contributed by atoms with Gasteiger partial charge in [0.2, 0.25) is 0 Å². The summed E-state index contributed by atoms with van der Waals surface area (Å²) in [7, 11) is 0. The molecule has 0 unspecified atom stereocenters. The molecule has 1 N–H and O–H groups in total. The molecule has 22 heavy (non-hydrogen) atoms. The van der Waals surface area contributed by atoms with E-state index in [9.17, 15) is 13.6 Å². The minimum atomic E-state index is -0.956. The molecule has 1 heterocycles. The fraction of sp³-hybridized carbons (Fsp3) is 0.0667. The lowest BCUT2D eigenvalue weighted by molar-refractivity contribution is -0.136. The number of hydrogen-bond donors (Lipinski definition) is 1. The number of fused-ring (bicyclic) bond motifs is 1. The topological polar surface area (TPSA) is 59.4 Å². The summed E-state index contributed by atoms with van der Waals surface area (Å²) in [5, 5.41) is 8.95. The fourth-order valence-electron chi connectivity index (χ4n) is 1.90. The second-order valence-electron chi connectivity index (χ2n) is 4.53. The van der Waals surface area contributed by atoms with Crippen molar-refractivity contribution in [2.24, 2.45) is 0 Å². The molecule has 1 aromatic heterocycles. The van der Waals surface area contributed by atoms with Crippen molar-refractivity contribution in [3.8, 4) is 10.9 Å². The smallest absolute Gasteiger partial charge is 0.307 e. The second kappa shape index (κ2) is 5.69. The Hall–Kier alpha value is -2.54. The van der Waals surface area contributed by atoms with Crippen LogP contribution in [0.4, 0.5) is 8.78 Å². The van der Waals surface area contributed by atoms with E-state index in [1.54, 1.807) is 24.3 Å². The third kappa shape index (κ3) is 3.04. The largest absolute Gasteiger partial charge is 0.481 e. The van der Waals surface area contributed by atoms with E-state index >= 15 is 0 Å². The Bertz CT molecular complexity index is 807. The zero-order valence-electron chi connectivity index (χ0n) is 11.0. The Morgan fingerprint density at radius 2 is 1.86 bits per heavy atom. The molecular weight excluding hydrogens is 312 g/mol. The number of ether oxygens (including phenoxy) is 1. The molecule has 0 aliphatic heterocycles. The average molecular weight is 321 g/mol. The molecule has 112 valence electrons. The minimum absolute atomic E-state index is 0.0695. The molecule has 0 saturated carbocycles. The number of carboxylic acids is 1. The van der Waals surface area contributed by atoms with Gasteiger partial charge in [0.25, 0.3) is 5.19 Å². The molecule has 0 saturated heterocycles. The Kier molecular flexibility index (Phi) is 3.72. The molecule has 0 atom stereocenters. The number of aliphatic carboxylic acids is 1. The predicted molar refractivity (Wildman–Crippen MR) is 77.4 cm³/mol. The Labute approximate surface area is 127 Å². The van der Waals surface area contributed by atoms with Crippen molar-refractivity contribution in [1.82, 2.24) is 4.98 Å². The summed E-state index contributed by atoms with van der Waals surface area (Å²) in [6, 6.07) is 8.60. The van der Waals surface area contributed by atoms with Gasteiger partial charge in [0, 0.05) is 6.07 Å². The zero-order valence-corrected chi connectivity index (χ0v) is 11.9. The van der Waals surface area contributed by atoms with Crippen LogP contribution in [0.15, 0.2) is 36.4 Å². The van der Waals surface area contributed by atoms with Crippen LogP contribution >= 0.6 is 11.3 Å².